The van der Waals surface area contributed by atoms with E-state index in [4.69, 9.17) is 11.6 Å². The summed E-state index contributed by atoms with van der Waals surface area (Å²) in [6.07, 6.45) is -4.66. The van der Waals surface area contributed by atoms with Crippen LogP contribution in [0.2, 0.25) is 5.02 Å². The van der Waals surface area contributed by atoms with Crippen LogP contribution in [-0.2, 0) is 22.3 Å². The molecule has 0 heterocycles. The van der Waals surface area contributed by atoms with E-state index in [1.807, 2.05) is 31.2 Å². The highest BCUT2D eigenvalue weighted by molar-refractivity contribution is 6.31. The van der Waals surface area contributed by atoms with E-state index < -0.39 is 35.1 Å². The van der Waals surface area contributed by atoms with E-state index in [-0.39, 0.29) is 12.2 Å². The quantitative estimate of drug-likeness (QED) is 0.814. The van der Waals surface area contributed by atoms with Crippen molar-refractivity contribution in [2.75, 3.05) is 11.4 Å². The maximum atomic E-state index is 13.0. The average molecular weight is 399 g/mol. The second kappa shape index (κ2) is 8.43. The lowest BCUT2D eigenvalue weighted by Gasteiger charge is -2.22. The summed E-state index contributed by atoms with van der Waals surface area (Å²) in [6.45, 7) is 2.94. The summed E-state index contributed by atoms with van der Waals surface area (Å²) in [4.78, 5) is 25.0. The number of carbonyl (C=O) groups excluding carboxylic acids is 2. The first-order chi connectivity index (χ1) is 12.6. The van der Waals surface area contributed by atoms with Crippen LogP contribution in [0, 0.1) is 6.92 Å². The molecule has 0 fully saturated rings. The van der Waals surface area contributed by atoms with E-state index in [9.17, 15) is 22.8 Å². The van der Waals surface area contributed by atoms with Crippen molar-refractivity contribution in [2.45, 2.75) is 26.6 Å². The van der Waals surface area contributed by atoms with Crippen LogP contribution >= 0.6 is 11.6 Å². The first-order valence-corrected chi connectivity index (χ1v) is 8.43. The number of rotatable bonds is 5. The molecular formula is C19H18ClF3N2O2. The zero-order chi connectivity index (χ0) is 20.2. The van der Waals surface area contributed by atoms with Gasteiger partial charge in [0.15, 0.2) is 0 Å². The van der Waals surface area contributed by atoms with E-state index in [1.165, 1.54) is 13.0 Å². The second-order valence-electron chi connectivity index (χ2n) is 6.03. The molecule has 2 amide bonds. The Balaban J connectivity index is 2.13. The topological polar surface area (TPSA) is 49.4 Å². The number of hydrogen-bond acceptors (Lipinski definition) is 2. The van der Waals surface area contributed by atoms with Crippen LogP contribution in [0.15, 0.2) is 42.5 Å². The molecule has 0 saturated carbocycles. The Bertz CT molecular complexity index is 853. The van der Waals surface area contributed by atoms with Gasteiger partial charge in [-0.2, -0.15) is 13.2 Å². The number of nitrogens with one attached hydrogen (secondary N) is 1. The van der Waals surface area contributed by atoms with Crippen molar-refractivity contribution in [3.8, 4) is 0 Å². The second-order valence-corrected chi connectivity index (χ2v) is 6.44. The number of anilines is 1. The van der Waals surface area contributed by atoms with Gasteiger partial charge in [0.2, 0.25) is 11.8 Å². The standard InChI is InChI=1S/C19H18ClF3N2O2/c1-12-4-3-5-14(8-12)10-24-18(27)11-25(13(2)26)15-6-7-17(20)16(9-15)19(21,22)23/h3-9H,10-11H2,1-2H3,(H,24,27). The average Bonchev–Trinajstić information content (AvgIpc) is 2.57. The monoisotopic (exact) mass is 398 g/mol. The Hall–Kier alpha value is -2.54. The van der Waals surface area contributed by atoms with Crippen molar-refractivity contribution in [3.05, 3.63) is 64.2 Å². The van der Waals surface area contributed by atoms with Gasteiger partial charge >= 0.3 is 6.18 Å². The number of halogens is 4. The molecule has 0 aromatic heterocycles. The molecule has 0 unspecified atom stereocenters. The van der Waals surface area contributed by atoms with Crippen molar-refractivity contribution >= 4 is 29.1 Å². The van der Waals surface area contributed by atoms with Crippen LogP contribution in [0.3, 0.4) is 0 Å². The normalized spacial score (nSPS) is 11.2. The van der Waals surface area contributed by atoms with Crippen LogP contribution in [0.1, 0.15) is 23.6 Å². The molecule has 0 aliphatic heterocycles. The summed E-state index contributed by atoms with van der Waals surface area (Å²) in [6, 6.07) is 10.6. The maximum absolute atomic E-state index is 13.0. The first-order valence-electron chi connectivity index (χ1n) is 8.05. The summed E-state index contributed by atoms with van der Waals surface area (Å²) in [7, 11) is 0. The van der Waals surface area contributed by atoms with Gasteiger partial charge in [-0.25, -0.2) is 0 Å². The van der Waals surface area contributed by atoms with Gasteiger partial charge in [-0.05, 0) is 30.7 Å². The number of benzene rings is 2. The minimum atomic E-state index is -4.66. The van der Waals surface area contributed by atoms with Crippen LogP contribution in [-0.4, -0.2) is 18.4 Å². The Morgan fingerprint density at radius 3 is 2.44 bits per heavy atom. The molecule has 2 aromatic carbocycles. The molecule has 0 radical (unpaired) electrons. The number of nitrogens with zero attached hydrogens (tertiary/aromatic N) is 1. The van der Waals surface area contributed by atoms with E-state index in [0.717, 1.165) is 28.2 Å². The lowest BCUT2D eigenvalue weighted by atomic mass is 10.1. The van der Waals surface area contributed by atoms with Gasteiger partial charge < -0.3 is 10.2 Å². The molecule has 144 valence electrons. The molecule has 2 rings (SSSR count). The zero-order valence-electron chi connectivity index (χ0n) is 14.7. The summed E-state index contributed by atoms with van der Waals surface area (Å²) in [5.41, 5.74) is 0.801. The predicted octanol–water partition coefficient (Wildman–Crippen LogP) is 4.34. The van der Waals surface area contributed by atoms with E-state index in [1.54, 1.807) is 0 Å². The smallest absolute Gasteiger partial charge is 0.350 e. The lowest BCUT2D eigenvalue weighted by Crippen LogP contribution is -2.39. The van der Waals surface area contributed by atoms with Gasteiger partial charge in [0.1, 0.15) is 6.54 Å². The molecule has 0 saturated heterocycles. The van der Waals surface area contributed by atoms with Gasteiger partial charge in [-0.15, -0.1) is 0 Å². The highest BCUT2D eigenvalue weighted by Gasteiger charge is 2.34. The van der Waals surface area contributed by atoms with Crippen LogP contribution in [0.25, 0.3) is 0 Å². The largest absolute Gasteiger partial charge is 0.417 e. The highest BCUT2D eigenvalue weighted by atomic mass is 35.5. The predicted molar refractivity (Wildman–Crippen MR) is 97.5 cm³/mol. The van der Waals surface area contributed by atoms with E-state index >= 15 is 0 Å². The number of amides is 2. The lowest BCUT2D eigenvalue weighted by molar-refractivity contribution is -0.137. The molecule has 27 heavy (non-hydrogen) atoms. The third-order valence-electron chi connectivity index (χ3n) is 3.82. The third kappa shape index (κ3) is 5.72. The van der Waals surface area contributed by atoms with Gasteiger partial charge in [0.05, 0.1) is 10.6 Å². The van der Waals surface area contributed by atoms with Crippen LogP contribution in [0.5, 0.6) is 0 Å². The third-order valence-corrected chi connectivity index (χ3v) is 4.15. The van der Waals surface area contributed by atoms with Crippen LogP contribution < -0.4 is 10.2 Å². The molecule has 0 bridgehead atoms. The van der Waals surface area contributed by atoms with Crippen molar-refractivity contribution in [2.24, 2.45) is 0 Å². The fourth-order valence-corrected chi connectivity index (χ4v) is 2.73. The van der Waals surface area contributed by atoms with Crippen molar-refractivity contribution < 1.29 is 22.8 Å². The summed E-state index contributed by atoms with van der Waals surface area (Å²) in [5, 5.41) is 2.18. The highest BCUT2D eigenvalue weighted by Crippen LogP contribution is 2.37. The number of aryl methyl sites for hydroxylation is 1. The first kappa shape index (κ1) is 20.8. The fraction of sp³-hybridized carbons (Fsp3) is 0.263. The van der Waals surface area contributed by atoms with Gasteiger partial charge in [0.25, 0.3) is 0 Å². The van der Waals surface area contributed by atoms with Gasteiger partial charge in [0, 0.05) is 19.2 Å². The fourth-order valence-electron chi connectivity index (χ4n) is 2.51. The SMILES string of the molecule is CC(=O)N(CC(=O)NCc1cccc(C)c1)c1ccc(Cl)c(C(F)(F)F)c1. The minimum Gasteiger partial charge on any atom is -0.350 e. The zero-order valence-corrected chi connectivity index (χ0v) is 15.5. The summed E-state index contributed by atoms with van der Waals surface area (Å²) in [5.74, 6) is -1.05. The molecule has 2 aromatic rings. The van der Waals surface area contributed by atoms with Crippen molar-refractivity contribution in [3.63, 3.8) is 0 Å². The maximum Gasteiger partial charge on any atom is 0.417 e. The molecule has 4 nitrogen and oxygen atoms in total. The number of alkyl halides is 3. The molecular weight excluding hydrogens is 381 g/mol. The Morgan fingerprint density at radius 1 is 1.15 bits per heavy atom. The molecule has 8 heteroatoms. The van der Waals surface area contributed by atoms with Crippen molar-refractivity contribution in [1.82, 2.24) is 5.32 Å². The Morgan fingerprint density at radius 2 is 1.85 bits per heavy atom. The van der Waals surface area contributed by atoms with Gasteiger partial charge in [-0.3, -0.25) is 9.59 Å². The van der Waals surface area contributed by atoms with Crippen LogP contribution in [0.4, 0.5) is 18.9 Å². The molecule has 0 atom stereocenters. The van der Waals surface area contributed by atoms with E-state index in [0.29, 0.717) is 0 Å². The molecule has 0 spiro atoms. The molecule has 1 N–H and O–H groups in total. The number of carbonyl (C=O) groups is 2. The summed E-state index contributed by atoms with van der Waals surface area (Å²) < 4.78 is 39.1. The minimum absolute atomic E-state index is 0.0510. The Kier molecular flexibility index (Phi) is 6.49. The van der Waals surface area contributed by atoms with Crippen molar-refractivity contribution in [1.29, 1.82) is 0 Å². The van der Waals surface area contributed by atoms with Gasteiger partial charge in [-0.1, -0.05) is 41.4 Å². The Labute approximate surface area is 159 Å². The molecule has 0 aliphatic carbocycles. The molecule has 0 aliphatic rings. The summed E-state index contributed by atoms with van der Waals surface area (Å²) >= 11 is 5.60. The number of hydrogen-bond donors (Lipinski definition) is 1. The van der Waals surface area contributed by atoms with E-state index in [2.05, 4.69) is 5.32 Å².